The van der Waals surface area contributed by atoms with E-state index in [0.717, 1.165) is 29.3 Å². The van der Waals surface area contributed by atoms with Crippen molar-refractivity contribution < 1.29 is 4.74 Å². The summed E-state index contributed by atoms with van der Waals surface area (Å²) in [5.41, 5.74) is 2.26. The van der Waals surface area contributed by atoms with Crippen LogP contribution in [-0.4, -0.2) is 13.7 Å². The van der Waals surface area contributed by atoms with Gasteiger partial charge in [0.05, 0.1) is 7.11 Å². The lowest BCUT2D eigenvalue weighted by atomic mass is 10.1. The lowest BCUT2D eigenvalue weighted by molar-refractivity contribution is 0.414. The van der Waals surface area contributed by atoms with Crippen molar-refractivity contribution in [3.8, 4) is 5.75 Å². The van der Waals surface area contributed by atoms with Crippen LogP contribution in [0.25, 0.3) is 0 Å². The molecule has 2 nitrogen and oxygen atoms in total. The van der Waals surface area contributed by atoms with Gasteiger partial charge in [0.25, 0.3) is 0 Å². The maximum Gasteiger partial charge on any atom is 0.119 e. The van der Waals surface area contributed by atoms with E-state index in [0.29, 0.717) is 5.02 Å². The molecular formula is C17H19Cl2NO. The van der Waals surface area contributed by atoms with E-state index >= 15 is 0 Å². The third-order valence-electron chi connectivity index (χ3n) is 3.42. The highest BCUT2D eigenvalue weighted by Gasteiger charge is 2.09. The second kappa shape index (κ2) is 7.69. The molecule has 4 heteroatoms. The molecule has 0 bridgehead atoms. The van der Waals surface area contributed by atoms with Crippen LogP contribution in [0.2, 0.25) is 10.0 Å². The highest BCUT2D eigenvalue weighted by molar-refractivity contribution is 6.33. The number of benzene rings is 2. The van der Waals surface area contributed by atoms with Crippen LogP contribution in [-0.2, 0) is 6.42 Å². The first-order valence-electron chi connectivity index (χ1n) is 6.91. The van der Waals surface area contributed by atoms with Crippen molar-refractivity contribution in [3.63, 3.8) is 0 Å². The van der Waals surface area contributed by atoms with Crippen molar-refractivity contribution in [2.75, 3.05) is 13.7 Å². The molecule has 0 fully saturated rings. The molecule has 0 aliphatic carbocycles. The summed E-state index contributed by atoms with van der Waals surface area (Å²) in [5, 5.41) is 4.91. The number of ether oxygens (including phenoxy) is 1. The molecule has 0 radical (unpaired) electrons. The van der Waals surface area contributed by atoms with Gasteiger partial charge in [0.15, 0.2) is 0 Å². The average molecular weight is 324 g/mol. The van der Waals surface area contributed by atoms with Gasteiger partial charge in [0, 0.05) is 16.1 Å². The highest BCUT2D eigenvalue weighted by atomic mass is 35.5. The lowest BCUT2D eigenvalue weighted by Gasteiger charge is -2.16. The van der Waals surface area contributed by atoms with Crippen LogP contribution in [0.3, 0.4) is 0 Å². The first kappa shape index (κ1) is 16.2. The third kappa shape index (κ3) is 4.63. The monoisotopic (exact) mass is 323 g/mol. The summed E-state index contributed by atoms with van der Waals surface area (Å²) in [6.07, 6.45) is 0.930. The Hall–Kier alpha value is -1.22. The van der Waals surface area contributed by atoms with Crippen molar-refractivity contribution in [3.05, 3.63) is 63.6 Å². The Bertz CT molecular complexity index is 601. The second-order valence-corrected chi connectivity index (χ2v) is 5.79. The van der Waals surface area contributed by atoms with Crippen molar-refractivity contribution in [2.24, 2.45) is 0 Å². The molecule has 1 N–H and O–H groups in total. The fraction of sp³-hybridized carbons (Fsp3) is 0.294. The summed E-state index contributed by atoms with van der Waals surface area (Å²) in [4.78, 5) is 0. The second-order valence-electron chi connectivity index (χ2n) is 4.94. The van der Waals surface area contributed by atoms with Crippen LogP contribution >= 0.6 is 23.2 Å². The summed E-state index contributed by atoms with van der Waals surface area (Å²) in [6.45, 7) is 2.94. The summed E-state index contributed by atoms with van der Waals surface area (Å²) in [6, 6.07) is 13.8. The standard InChI is InChI=1S/C17H19Cl2NO/c1-12(16-11-14(18)6-7-17(16)19)20-9-8-13-4-3-5-15(10-13)21-2/h3-7,10-12,20H,8-9H2,1-2H3. The molecule has 0 aliphatic heterocycles. The number of methoxy groups -OCH3 is 1. The topological polar surface area (TPSA) is 21.3 Å². The van der Waals surface area contributed by atoms with E-state index < -0.39 is 0 Å². The molecule has 0 saturated carbocycles. The van der Waals surface area contributed by atoms with Gasteiger partial charge in [-0.25, -0.2) is 0 Å². The molecule has 21 heavy (non-hydrogen) atoms. The maximum atomic E-state index is 6.21. The summed E-state index contributed by atoms with van der Waals surface area (Å²) in [7, 11) is 1.68. The third-order valence-corrected chi connectivity index (χ3v) is 4.00. The summed E-state index contributed by atoms with van der Waals surface area (Å²) < 4.78 is 5.23. The zero-order chi connectivity index (χ0) is 15.2. The van der Waals surface area contributed by atoms with E-state index in [-0.39, 0.29) is 6.04 Å². The Balaban J connectivity index is 1.92. The normalized spacial score (nSPS) is 12.2. The maximum absolute atomic E-state index is 6.21. The molecule has 2 aromatic carbocycles. The number of hydrogen-bond donors (Lipinski definition) is 1. The largest absolute Gasteiger partial charge is 0.497 e. The van der Waals surface area contributed by atoms with Crippen molar-refractivity contribution >= 4 is 23.2 Å². The number of rotatable bonds is 6. The number of nitrogens with one attached hydrogen (secondary N) is 1. The van der Waals surface area contributed by atoms with Crippen LogP contribution in [0.4, 0.5) is 0 Å². The Kier molecular flexibility index (Phi) is 5.92. The molecule has 2 rings (SSSR count). The predicted molar refractivity (Wildman–Crippen MR) is 89.6 cm³/mol. The molecule has 0 amide bonds. The zero-order valence-corrected chi connectivity index (χ0v) is 13.7. The van der Waals surface area contributed by atoms with Crippen LogP contribution in [0.5, 0.6) is 5.75 Å². The minimum Gasteiger partial charge on any atom is -0.497 e. The molecule has 112 valence electrons. The minimum atomic E-state index is 0.154. The van der Waals surface area contributed by atoms with Gasteiger partial charge in [-0.2, -0.15) is 0 Å². The molecule has 1 atom stereocenters. The summed E-state index contributed by atoms with van der Waals surface area (Å²) >= 11 is 12.2. The molecule has 2 aromatic rings. The van der Waals surface area contributed by atoms with E-state index in [1.165, 1.54) is 5.56 Å². The van der Waals surface area contributed by atoms with Gasteiger partial charge < -0.3 is 10.1 Å². The lowest BCUT2D eigenvalue weighted by Crippen LogP contribution is -2.21. The van der Waals surface area contributed by atoms with Crippen LogP contribution in [0.1, 0.15) is 24.1 Å². The van der Waals surface area contributed by atoms with E-state index in [1.807, 2.05) is 24.3 Å². The van der Waals surface area contributed by atoms with Gasteiger partial charge in [-0.3, -0.25) is 0 Å². The van der Waals surface area contributed by atoms with Crippen LogP contribution < -0.4 is 10.1 Å². The van der Waals surface area contributed by atoms with Crippen LogP contribution in [0.15, 0.2) is 42.5 Å². The first-order valence-corrected chi connectivity index (χ1v) is 7.67. The van der Waals surface area contributed by atoms with E-state index in [1.54, 1.807) is 13.2 Å². The molecule has 0 saturated heterocycles. The smallest absolute Gasteiger partial charge is 0.119 e. The predicted octanol–water partition coefficient (Wildman–Crippen LogP) is 4.90. The Morgan fingerprint density at radius 1 is 1.14 bits per heavy atom. The Morgan fingerprint density at radius 3 is 2.71 bits per heavy atom. The molecule has 1 unspecified atom stereocenters. The zero-order valence-electron chi connectivity index (χ0n) is 12.2. The number of hydrogen-bond acceptors (Lipinski definition) is 2. The number of halogens is 2. The van der Waals surface area contributed by atoms with Crippen molar-refractivity contribution in [2.45, 2.75) is 19.4 Å². The van der Waals surface area contributed by atoms with Gasteiger partial charge in [-0.05, 0) is 61.3 Å². The molecule has 0 spiro atoms. The fourth-order valence-electron chi connectivity index (χ4n) is 2.22. The van der Waals surface area contributed by atoms with Crippen molar-refractivity contribution in [1.82, 2.24) is 5.32 Å². The Labute approximate surface area is 136 Å². The van der Waals surface area contributed by atoms with Gasteiger partial charge in [-0.15, -0.1) is 0 Å². The first-order chi connectivity index (χ1) is 10.1. The fourth-order valence-corrected chi connectivity index (χ4v) is 2.68. The summed E-state index contributed by atoms with van der Waals surface area (Å²) in [5.74, 6) is 0.887. The van der Waals surface area contributed by atoms with Gasteiger partial charge in [0.1, 0.15) is 5.75 Å². The SMILES string of the molecule is COc1cccc(CCNC(C)c2cc(Cl)ccc2Cl)c1. The molecule has 0 heterocycles. The average Bonchev–Trinajstić information content (AvgIpc) is 2.49. The van der Waals surface area contributed by atoms with Gasteiger partial charge >= 0.3 is 0 Å². The van der Waals surface area contributed by atoms with E-state index in [4.69, 9.17) is 27.9 Å². The van der Waals surface area contributed by atoms with E-state index in [2.05, 4.69) is 24.4 Å². The van der Waals surface area contributed by atoms with E-state index in [9.17, 15) is 0 Å². The van der Waals surface area contributed by atoms with Crippen molar-refractivity contribution in [1.29, 1.82) is 0 Å². The van der Waals surface area contributed by atoms with Gasteiger partial charge in [0.2, 0.25) is 0 Å². The molecule has 0 aliphatic rings. The van der Waals surface area contributed by atoms with Gasteiger partial charge in [-0.1, -0.05) is 35.3 Å². The minimum absolute atomic E-state index is 0.154. The quantitative estimate of drug-likeness (QED) is 0.816. The molecular weight excluding hydrogens is 305 g/mol. The van der Waals surface area contributed by atoms with Crippen LogP contribution in [0, 0.1) is 0 Å². The Morgan fingerprint density at radius 2 is 1.95 bits per heavy atom. The molecule has 0 aromatic heterocycles. The highest BCUT2D eigenvalue weighted by Crippen LogP contribution is 2.26.